The van der Waals surface area contributed by atoms with E-state index in [9.17, 15) is 20.2 Å². The number of hydrogen-bond acceptors (Lipinski definition) is 6. The predicted molar refractivity (Wildman–Crippen MR) is 80.0 cm³/mol. The third-order valence-corrected chi connectivity index (χ3v) is 2.83. The number of ether oxygens (including phenoxy) is 1. The Morgan fingerprint density at radius 2 is 1.86 bits per heavy atom. The Morgan fingerprint density at radius 3 is 2.50 bits per heavy atom. The van der Waals surface area contributed by atoms with Crippen molar-refractivity contribution in [2.24, 2.45) is 4.99 Å². The van der Waals surface area contributed by atoms with Crippen LogP contribution < -0.4 is 4.74 Å². The highest BCUT2D eigenvalue weighted by Crippen LogP contribution is 2.25. The van der Waals surface area contributed by atoms with Crippen LogP contribution >= 0.6 is 0 Å². The zero-order valence-electron chi connectivity index (χ0n) is 11.5. The average Bonchev–Trinajstić information content (AvgIpc) is 2.52. The highest BCUT2D eigenvalue weighted by Gasteiger charge is 2.18. The Kier molecular flexibility index (Phi) is 4.42. The second-order valence-corrected chi connectivity index (χ2v) is 4.22. The van der Waals surface area contributed by atoms with E-state index in [2.05, 4.69) is 4.99 Å². The predicted octanol–water partition coefficient (Wildman–Crippen LogP) is 3.26. The van der Waals surface area contributed by atoms with Gasteiger partial charge in [0.1, 0.15) is 5.75 Å². The van der Waals surface area contributed by atoms with Gasteiger partial charge in [0.25, 0.3) is 11.4 Å². The van der Waals surface area contributed by atoms with Gasteiger partial charge in [0.2, 0.25) is 0 Å². The second kappa shape index (κ2) is 6.44. The molecule has 0 saturated carbocycles. The van der Waals surface area contributed by atoms with Gasteiger partial charge in [-0.3, -0.25) is 25.2 Å². The molecule has 0 aliphatic rings. The number of hydrogen-bond donors (Lipinski definition) is 0. The Balaban J connectivity index is 2.37. The summed E-state index contributed by atoms with van der Waals surface area (Å²) < 4.78 is 5.05. The molecule has 8 nitrogen and oxygen atoms in total. The summed E-state index contributed by atoms with van der Waals surface area (Å²) in [6.45, 7) is 0. The number of rotatable bonds is 5. The smallest absolute Gasteiger partial charge is 0.285 e. The van der Waals surface area contributed by atoms with Crippen molar-refractivity contribution in [3.8, 4) is 5.75 Å². The van der Waals surface area contributed by atoms with Crippen LogP contribution in [-0.2, 0) is 0 Å². The van der Waals surface area contributed by atoms with Crippen LogP contribution in [0.4, 0.5) is 17.1 Å². The van der Waals surface area contributed by atoms with Crippen LogP contribution in [0.3, 0.4) is 0 Å². The molecule has 0 bridgehead atoms. The average molecular weight is 301 g/mol. The van der Waals surface area contributed by atoms with Crippen molar-refractivity contribution in [3.63, 3.8) is 0 Å². The number of benzene rings is 2. The minimum absolute atomic E-state index is 0.179. The van der Waals surface area contributed by atoms with Gasteiger partial charge in [0.15, 0.2) is 0 Å². The molecule has 2 aromatic rings. The molecule has 0 saturated heterocycles. The summed E-state index contributed by atoms with van der Waals surface area (Å²) in [5.41, 5.74) is 0.0106. The monoisotopic (exact) mass is 301 g/mol. The van der Waals surface area contributed by atoms with Crippen LogP contribution in [0.25, 0.3) is 0 Å². The fourth-order valence-electron chi connectivity index (χ4n) is 1.75. The quantitative estimate of drug-likeness (QED) is 0.478. The summed E-state index contributed by atoms with van der Waals surface area (Å²) in [5.74, 6) is 0.604. The second-order valence-electron chi connectivity index (χ2n) is 4.22. The zero-order chi connectivity index (χ0) is 16.1. The number of nitro groups is 2. The van der Waals surface area contributed by atoms with E-state index >= 15 is 0 Å². The first-order valence-electron chi connectivity index (χ1n) is 6.12. The van der Waals surface area contributed by atoms with E-state index in [1.807, 2.05) is 0 Å². The lowest BCUT2D eigenvalue weighted by Gasteiger charge is -2.00. The summed E-state index contributed by atoms with van der Waals surface area (Å²) >= 11 is 0. The topological polar surface area (TPSA) is 108 Å². The van der Waals surface area contributed by atoms with E-state index < -0.39 is 9.85 Å². The molecular weight excluding hydrogens is 290 g/mol. The molecule has 0 radical (unpaired) electrons. The van der Waals surface area contributed by atoms with Gasteiger partial charge in [-0.05, 0) is 18.2 Å². The Labute approximate surface area is 125 Å². The molecule has 112 valence electrons. The molecular formula is C14H11N3O5. The van der Waals surface area contributed by atoms with E-state index in [0.29, 0.717) is 11.4 Å². The Morgan fingerprint density at radius 1 is 1.09 bits per heavy atom. The SMILES string of the molecule is COc1cccc(N=Cc2ccc([N+](=O)[O-])cc2[N+](=O)[O-])c1. The van der Waals surface area contributed by atoms with E-state index in [4.69, 9.17) is 4.74 Å². The fraction of sp³-hybridized carbons (Fsp3) is 0.0714. The van der Waals surface area contributed by atoms with Crippen LogP contribution in [-0.4, -0.2) is 23.2 Å². The van der Waals surface area contributed by atoms with Gasteiger partial charge in [-0.1, -0.05) is 6.07 Å². The van der Waals surface area contributed by atoms with Gasteiger partial charge in [-0.15, -0.1) is 0 Å². The van der Waals surface area contributed by atoms with Gasteiger partial charge in [0, 0.05) is 18.3 Å². The molecule has 0 aliphatic carbocycles. The van der Waals surface area contributed by atoms with Crippen molar-refractivity contribution in [1.82, 2.24) is 0 Å². The molecule has 0 amide bonds. The Hall–Kier alpha value is -3.29. The minimum Gasteiger partial charge on any atom is -0.497 e. The summed E-state index contributed by atoms with van der Waals surface area (Å²) in [5, 5.41) is 21.7. The minimum atomic E-state index is -0.685. The summed E-state index contributed by atoms with van der Waals surface area (Å²) in [4.78, 5) is 24.4. The lowest BCUT2D eigenvalue weighted by atomic mass is 10.2. The summed E-state index contributed by atoms with van der Waals surface area (Å²) in [7, 11) is 1.52. The summed E-state index contributed by atoms with van der Waals surface area (Å²) in [6.07, 6.45) is 1.29. The number of aliphatic imine (C=N–C) groups is 1. The van der Waals surface area contributed by atoms with Crippen molar-refractivity contribution in [2.45, 2.75) is 0 Å². The van der Waals surface area contributed by atoms with Gasteiger partial charge >= 0.3 is 0 Å². The van der Waals surface area contributed by atoms with Gasteiger partial charge in [-0.25, -0.2) is 0 Å². The molecule has 0 aromatic heterocycles. The molecule has 0 unspecified atom stereocenters. The van der Waals surface area contributed by atoms with Crippen LogP contribution in [0.2, 0.25) is 0 Å². The number of methoxy groups -OCH3 is 1. The maximum Gasteiger partial charge on any atom is 0.285 e. The lowest BCUT2D eigenvalue weighted by Crippen LogP contribution is -1.97. The molecule has 0 aliphatic heterocycles. The fourth-order valence-corrected chi connectivity index (χ4v) is 1.75. The number of nitro benzene ring substituents is 2. The lowest BCUT2D eigenvalue weighted by molar-refractivity contribution is -0.394. The number of non-ortho nitro benzene ring substituents is 1. The maximum atomic E-state index is 11.0. The van der Waals surface area contributed by atoms with Crippen LogP contribution in [0, 0.1) is 20.2 Å². The third-order valence-electron chi connectivity index (χ3n) is 2.83. The van der Waals surface area contributed by atoms with E-state index in [1.165, 1.54) is 25.5 Å². The van der Waals surface area contributed by atoms with Gasteiger partial charge in [-0.2, -0.15) is 0 Å². The van der Waals surface area contributed by atoms with Crippen molar-refractivity contribution in [1.29, 1.82) is 0 Å². The van der Waals surface area contributed by atoms with Gasteiger partial charge in [0.05, 0.1) is 34.3 Å². The van der Waals surface area contributed by atoms with Crippen LogP contribution in [0.5, 0.6) is 5.75 Å². The molecule has 0 fully saturated rings. The molecule has 0 spiro atoms. The molecule has 8 heteroatoms. The molecule has 0 heterocycles. The van der Waals surface area contributed by atoms with Crippen molar-refractivity contribution >= 4 is 23.3 Å². The van der Waals surface area contributed by atoms with E-state index in [-0.39, 0.29) is 16.9 Å². The normalized spacial score (nSPS) is 10.6. The molecule has 2 rings (SSSR count). The van der Waals surface area contributed by atoms with Crippen molar-refractivity contribution in [3.05, 3.63) is 68.3 Å². The first-order chi connectivity index (χ1) is 10.5. The molecule has 0 N–H and O–H groups in total. The summed E-state index contributed by atoms with van der Waals surface area (Å²) in [6, 6.07) is 10.2. The van der Waals surface area contributed by atoms with Crippen molar-refractivity contribution < 1.29 is 14.6 Å². The first-order valence-corrected chi connectivity index (χ1v) is 6.12. The van der Waals surface area contributed by atoms with Crippen LogP contribution in [0.1, 0.15) is 5.56 Å². The Bertz CT molecular complexity index is 758. The highest BCUT2D eigenvalue weighted by atomic mass is 16.6. The standard InChI is InChI=1S/C14H11N3O5/c1-22-13-4-2-3-11(7-13)15-9-10-5-6-12(16(18)19)8-14(10)17(20)21/h2-9H,1H3. The maximum absolute atomic E-state index is 11.0. The largest absolute Gasteiger partial charge is 0.497 e. The van der Waals surface area contributed by atoms with Gasteiger partial charge < -0.3 is 4.74 Å². The van der Waals surface area contributed by atoms with E-state index in [0.717, 1.165) is 6.07 Å². The number of nitrogens with zero attached hydrogens (tertiary/aromatic N) is 3. The highest BCUT2D eigenvalue weighted by molar-refractivity contribution is 5.87. The van der Waals surface area contributed by atoms with Crippen molar-refractivity contribution in [2.75, 3.05) is 7.11 Å². The first kappa shape index (κ1) is 15.1. The molecule has 2 aromatic carbocycles. The third kappa shape index (κ3) is 3.42. The van der Waals surface area contributed by atoms with E-state index in [1.54, 1.807) is 24.3 Å². The molecule has 0 atom stereocenters. The molecule has 22 heavy (non-hydrogen) atoms. The zero-order valence-corrected chi connectivity index (χ0v) is 11.5. The van der Waals surface area contributed by atoms with Crippen LogP contribution in [0.15, 0.2) is 47.5 Å².